The Morgan fingerprint density at radius 1 is 1.28 bits per heavy atom. The first-order valence-corrected chi connectivity index (χ1v) is 8.52. The normalized spacial score (nSPS) is 17.3. The van der Waals surface area contributed by atoms with E-state index in [-0.39, 0.29) is 18.9 Å². The van der Waals surface area contributed by atoms with Crippen LogP contribution in [0.2, 0.25) is 0 Å². The van der Waals surface area contributed by atoms with Crippen molar-refractivity contribution in [3.05, 3.63) is 0 Å². The van der Waals surface area contributed by atoms with Crippen LogP contribution in [-0.4, -0.2) is 44.0 Å². The zero-order valence-electron chi connectivity index (χ0n) is 11.3. The molecule has 0 aliphatic heterocycles. The molecular weight excluding hydrogens is 252 g/mol. The Kier molecular flexibility index (Phi) is 6.08. The molecule has 0 aromatic heterocycles. The van der Waals surface area contributed by atoms with Gasteiger partial charge in [0.2, 0.25) is 15.9 Å². The Morgan fingerprint density at radius 2 is 1.89 bits per heavy atom. The summed E-state index contributed by atoms with van der Waals surface area (Å²) in [6, 6.07) is 0.301. The van der Waals surface area contributed by atoms with Gasteiger partial charge in [0.1, 0.15) is 0 Å². The van der Waals surface area contributed by atoms with Crippen molar-refractivity contribution in [3.63, 3.8) is 0 Å². The summed E-state index contributed by atoms with van der Waals surface area (Å²) in [5.74, 6) is -0.0355. The van der Waals surface area contributed by atoms with E-state index in [2.05, 4.69) is 5.32 Å². The number of rotatable bonds is 7. The van der Waals surface area contributed by atoms with E-state index in [0.717, 1.165) is 19.3 Å². The quantitative estimate of drug-likeness (QED) is 0.757. The molecule has 0 saturated heterocycles. The molecule has 6 heteroatoms. The van der Waals surface area contributed by atoms with Gasteiger partial charge in [-0.1, -0.05) is 19.8 Å². The lowest BCUT2D eigenvalue weighted by atomic mass is 10.2. The summed E-state index contributed by atoms with van der Waals surface area (Å²) in [6.07, 6.45) is 6.66. The molecule has 106 valence electrons. The van der Waals surface area contributed by atoms with Gasteiger partial charge < -0.3 is 5.32 Å². The fourth-order valence-electron chi connectivity index (χ4n) is 2.29. The number of hydrogen-bond acceptors (Lipinski definition) is 3. The highest BCUT2D eigenvalue weighted by Crippen LogP contribution is 2.17. The standard InChI is InChI=1S/C12H24N2O3S/c1-3-9-14(18(2,16)17)10-8-12(15)13-11-6-4-5-7-11/h11H,3-10H2,1-2H3,(H,13,15). The minimum Gasteiger partial charge on any atom is -0.353 e. The molecule has 0 aromatic carbocycles. The first kappa shape index (κ1) is 15.4. The molecular formula is C12H24N2O3S. The highest BCUT2D eigenvalue weighted by molar-refractivity contribution is 7.88. The molecule has 1 aliphatic carbocycles. The average Bonchev–Trinajstić information content (AvgIpc) is 2.75. The molecule has 0 aromatic rings. The van der Waals surface area contributed by atoms with Crippen molar-refractivity contribution in [3.8, 4) is 0 Å². The molecule has 18 heavy (non-hydrogen) atoms. The topological polar surface area (TPSA) is 66.5 Å². The lowest BCUT2D eigenvalue weighted by molar-refractivity contribution is -0.121. The molecule has 0 unspecified atom stereocenters. The van der Waals surface area contributed by atoms with E-state index in [1.807, 2.05) is 6.92 Å². The maximum atomic E-state index is 11.7. The summed E-state index contributed by atoms with van der Waals surface area (Å²) in [5.41, 5.74) is 0. The number of carbonyl (C=O) groups excluding carboxylic acids is 1. The number of nitrogens with zero attached hydrogens (tertiary/aromatic N) is 1. The van der Waals surface area contributed by atoms with Crippen LogP contribution < -0.4 is 5.32 Å². The van der Waals surface area contributed by atoms with Crippen LogP contribution in [0.1, 0.15) is 45.4 Å². The van der Waals surface area contributed by atoms with Gasteiger partial charge in [0, 0.05) is 25.6 Å². The van der Waals surface area contributed by atoms with Gasteiger partial charge in [-0.25, -0.2) is 12.7 Å². The predicted molar refractivity (Wildman–Crippen MR) is 71.7 cm³/mol. The third kappa shape index (κ3) is 5.35. The summed E-state index contributed by atoms with van der Waals surface area (Å²) in [6.45, 7) is 2.69. The molecule has 1 saturated carbocycles. The summed E-state index contributed by atoms with van der Waals surface area (Å²) in [7, 11) is -3.20. The van der Waals surface area contributed by atoms with Crippen LogP contribution in [0.5, 0.6) is 0 Å². The highest BCUT2D eigenvalue weighted by atomic mass is 32.2. The number of carbonyl (C=O) groups is 1. The Bertz CT molecular complexity index is 362. The van der Waals surface area contributed by atoms with Gasteiger partial charge in [-0.3, -0.25) is 4.79 Å². The molecule has 0 spiro atoms. The monoisotopic (exact) mass is 276 g/mol. The summed E-state index contributed by atoms with van der Waals surface area (Å²) in [4.78, 5) is 11.7. The Hall–Kier alpha value is -0.620. The highest BCUT2D eigenvalue weighted by Gasteiger charge is 2.19. The Labute approximate surface area is 110 Å². The molecule has 5 nitrogen and oxygen atoms in total. The van der Waals surface area contributed by atoms with Crippen LogP contribution in [-0.2, 0) is 14.8 Å². The largest absolute Gasteiger partial charge is 0.353 e. The fraction of sp³-hybridized carbons (Fsp3) is 0.917. The van der Waals surface area contributed by atoms with E-state index in [0.29, 0.717) is 12.6 Å². The second-order valence-electron chi connectivity index (χ2n) is 4.96. The molecule has 0 radical (unpaired) electrons. The Morgan fingerprint density at radius 3 is 2.39 bits per heavy atom. The Balaban J connectivity index is 2.34. The third-order valence-electron chi connectivity index (χ3n) is 3.25. The van der Waals surface area contributed by atoms with Crippen molar-refractivity contribution < 1.29 is 13.2 Å². The average molecular weight is 276 g/mol. The fourth-order valence-corrected chi connectivity index (χ4v) is 3.23. The number of amides is 1. The second kappa shape index (κ2) is 7.09. The van der Waals surface area contributed by atoms with E-state index in [1.54, 1.807) is 0 Å². The number of hydrogen-bond donors (Lipinski definition) is 1. The number of nitrogens with one attached hydrogen (secondary N) is 1. The molecule has 1 fully saturated rings. The van der Waals surface area contributed by atoms with Crippen LogP contribution >= 0.6 is 0 Å². The van der Waals surface area contributed by atoms with E-state index in [1.165, 1.54) is 23.4 Å². The molecule has 1 rings (SSSR count). The van der Waals surface area contributed by atoms with Crippen LogP contribution in [0, 0.1) is 0 Å². The van der Waals surface area contributed by atoms with Gasteiger partial charge in [0.15, 0.2) is 0 Å². The van der Waals surface area contributed by atoms with Crippen LogP contribution in [0.25, 0.3) is 0 Å². The minimum absolute atomic E-state index is 0.0355. The molecule has 0 heterocycles. The minimum atomic E-state index is -3.20. The molecule has 1 amide bonds. The smallest absolute Gasteiger partial charge is 0.221 e. The lowest BCUT2D eigenvalue weighted by Crippen LogP contribution is -2.37. The van der Waals surface area contributed by atoms with Crippen LogP contribution in [0.4, 0.5) is 0 Å². The summed E-state index contributed by atoms with van der Waals surface area (Å²) in [5, 5.41) is 2.97. The molecule has 0 atom stereocenters. The van der Waals surface area contributed by atoms with E-state index >= 15 is 0 Å². The van der Waals surface area contributed by atoms with Gasteiger partial charge in [-0.15, -0.1) is 0 Å². The predicted octanol–water partition coefficient (Wildman–Crippen LogP) is 1.11. The lowest BCUT2D eigenvalue weighted by Gasteiger charge is -2.19. The summed E-state index contributed by atoms with van der Waals surface area (Å²) < 4.78 is 24.3. The number of sulfonamides is 1. The van der Waals surface area contributed by atoms with E-state index < -0.39 is 10.0 Å². The zero-order chi connectivity index (χ0) is 13.6. The maximum absolute atomic E-state index is 11.7. The van der Waals surface area contributed by atoms with Crippen molar-refractivity contribution >= 4 is 15.9 Å². The van der Waals surface area contributed by atoms with Crippen molar-refractivity contribution in [1.29, 1.82) is 0 Å². The van der Waals surface area contributed by atoms with Gasteiger partial charge in [-0.2, -0.15) is 0 Å². The molecule has 1 aliphatic rings. The van der Waals surface area contributed by atoms with E-state index in [9.17, 15) is 13.2 Å². The van der Waals surface area contributed by atoms with Gasteiger partial charge >= 0.3 is 0 Å². The van der Waals surface area contributed by atoms with Crippen molar-refractivity contribution in [2.45, 2.75) is 51.5 Å². The van der Waals surface area contributed by atoms with E-state index in [4.69, 9.17) is 0 Å². The first-order valence-electron chi connectivity index (χ1n) is 6.68. The zero-order valence-corrected chi connectivity index (χ0v) is 12.1. The first-order chi connectivity index (χ1) is 8.43. The van der Waals surface area contributed by atoms with Crippen molar-refractivity contribution in [1.82, 2.24) is 9.62 Å². The maximum Gasteiger partial charge on any atom is 0.221 e. The van der Waals surface area contributed by atoms with Crippen LogP contribution in [0.15, 0.2) is 0 Å². The SMILES string of the molecule is CCCN(CCC(=O)NC1CCCC1)S(C)(=O)=O. The van der Waals surface area contributed by atoms with Gasteiger partial charge in [0.25, 0.3) is 0 Å². The molecule has 1 N–H and O–H groups in total. The van der Waals surface area contributed by atoms with Gasteiger partial charge in [-0.05, 0) is 19.3 Å². The van der Waals surface area contributed by atoms with Crippen molar-refractivity contribution in [2.24, 2.45) is 0 Å². The van der Waals surface area contributed by atoms with Crippen molar-refractivity contribution in [2.75, 3.05) is 19.3 Å². The second-order valence-corrected chi connectivity index (χ2v) is 6.94. The third-order valence-corrected chi connectivity index (χ3v) is 4.55. The summed E-state index contributed by atoms with van der Waals surface area (Å²) >= 11 is 0. The van der Waals surface area contributed by atoms with Gasteiger partial charge in [0.05, 0.1) is 6.26 Å². The van der Waals surface area contributed by atoms with Crippen LogP contribution in [0.3, 0.4) is 0 Å². The molecule has 0 bridgehead atoms.